The van der Waals surface area contributed by atoms with Gasteiger partial charge < -0.3 is 0 Å². The van der Waals surface area contributed by atoms with E-state index in [0.717, 1.165) is 11.1 Å². The van der Waals surface area contributed by atoms with Crippen LogP contribution in [0.15, 0.2) is 18.2 Å². The first-order valence-electron chi connectivity index (χ1n) is 5.04. The van der Waals surface area contributed by atoms with Crippen LogP contribution in [0, 0.1) is 17.0 Å². The molecule has 0 amide bonds. The molecule has 1 unspecified atom stereocenters. The van der Waals surface area contributed by atoms with Crippen molar-refractivity contribution in [2.45, 2.75) is 32.6 Å². The van der Waals surface area contributed by atoms with Crippen molar-refractivity contribution >= 4 is 5.69 Å². The van der Waals surface area contributed by atoms with Crippen molar-refractivity contribution in [1.82, 2.24) is 0 Å². The summed E-state index contributed by atoms with van der Waals surface area (Å²) in [6, 6.07) is 5.02. The van der Waals surface area contributed by atoms with Gasteiger partial charge in [0.15, 0.2) is 0 Å². The Morgan fingerprint density at radius 3 is 2.27 bits per heavy atom. The van der Waals surface area contributed by atoms with E-state index < -0.39 is 0 Å². The molecule has 81 valence electrons. The van der Waals surface area contributed by atoms with Crippen molar-refractivity contribution in [3.8, 4) is 0 Å². The molecule has 0 aliphatic heterocycles. The van der Waals surface area contributed by atoms with Crippen molar-refractivity contribution in [3.05, 3.63) is 46.4 Å². The average Bonchev–Trinajstić information content (AvgIpc) is 2.16. The summed E-state index contributed by atoms with van der Waals surface area (Å²) in [4.78, 5) is 10.3. The lowest BCUT2D eigenvalue weighted by Gasteiger charge is -2.15. The molecule has 0 spiro atoms. The first-order valence-corrected chi connectivity index (χ1v) is 5.04. The number of nitro groups is 1. The molecule has 1 aromatic rings. The van der Waals surface area contributed by atoms with Gasteiger partial charge in [-0.05, 0) is 29.9 Å². The van der Waals surface area contributed by atoms with Crippen LogP contribution < -0.4 is 0 Å². The largest absolute Gasteiger partial charge is 0.269 e. The second-order valence-corrected chi connectivity index (χ2v) is 4.13. The molecule has 3 heteroatoms. The van der Waals surface area contributed by atoms with Crippen molar-refractivity contribution in [2.75, 3.05) is 0 Å². The topological polar surface area (TPSA) is 43.1 Å². The Kier molecular flexibility index (Phi) is 3.45. The maximum absolute atomic E-state index is 10.6. The molecule has 0 saturated carbocycles. The molecule has 1 aromatic carbocycles. The van der Waals surface area contributed by atoms with Gasteiger partial charge in [-0.15, -0.1) is 0 Å². The first-order chi connectivity index (χ1) is 6.93. The van der Waals surface area contributed by atoms with Gasteiger partial charge in [0.1, 0.15) is 0 Å². The van der Waals surface area contributed by atoms with Crippen molar-refractivity contribution in [2.24, 2.45) is 0 Å². The highest BCUT2D eigenvalue weighted by atomic mass is 16.6. The molecule has 0 fully saturated rings. The van der Waals surface area contributed by atoms with Gasteiger partial charge in [0.2, 0.25) is 0 Å². The Morgan fingerprint density at radius 2 is 1.87 bits per heavy atom. The summed E-state index contributed by atoms with van der Waals surface area (Å²) in [7, 11) is 0. The SMILES string of the molecule is [CH2]C(C)c1cc([N+](=O)[O-])ccc1C(C)C. The molecule has 15 heavy (non-hydrogen) atoms. The Morgan fingerprint density at radius 1 is 1.27 bits per heavy atom. The van der Waals surface area contributed by atoms with Gasteiger partial charge in [0, 0.05) is 12.1 Å². The molecule has 0 aliphatic carbocycles. The van der Waals surface area contributed by atoms with Crippen LogP contribution in [-0.4, -0.2) is 4.92 Å². The second kappa shape index (κ2) is 4.43. The minimum atomic E-state index is -0.365. The Hall–Kier alpha value is -1.38. The van der Waals surface area contributed by atoms with Crippen LogP contribution >= 0.6 is 0 Å². The minimum absolute atomic E-state index is 0.0716. The quantitative estimate of drug-likeness (QED) is 0.559. The van der Waals surface area contributed by atoms with Crippen LogP contribution in [0.25, 0.3) is 0 Å². The lowest BCUT2D eigenvalue weighted by molar-refractivity contribution is -0.384. The standard InChI is InChI=1S/C12H16NO2/c1-8(2)11-6-5-10(13(14)15)7-12(11)9(3)4/h5-9H,3H2,1-2,4H3. The van der Waals surface area contributed by atoms with E-state index in [2.05, 4.69) is 20.8 Å². The third-order valence-corrected chi connectivity index (χ3v) is 2.43. The highest BCUT2D eigenvalue weighted by Gasteiger charge is 2.14. The minimum Gasteiger partial charge on any atom is -0.258 e. The van der Waals surface area contributed by atoms with E-state index in [1.807, 2.05) is 13.0 Å². The van der Waals surface area contributed by atoms with Gasteiger partial charge >= 0.3 is 0 Å². The lowest BCUT2D eigenvalue weighted by Crippen LogP contribution is -2.00. The van der Waals surface area contributed by atoms with E-state index in [1.54, 1.807) is 12.1 Å². The number of hydrogen-bond donors (Lipinski definition) is 0. The lowest BCUT2D eigenvalue weighted by atomic mass is 9.90. The number of rotatable bonds is 3. The summed E-state index contributed by atoms with van der Waals surface area (Å²) in [6.45, 7) is 10.0. The Labute approximate surface area is 90.3 Å². The fourth-order valence-corrected chi connectivity index (χ4v) is 1.63. The normalized spacial score (nSPS) is 11.1. The van der Waals surface area contributed by atoms with E-state index in [-0.39, 0.29) is 16.5 Å². The van der Waals surface area contributed by atoms with Crippen LogP contribution in [0.5, 0.6) is 0 Å². The zero-order valence-electron chi connectivity index (χ0n) is 9.36. The zero-order valence-corrected chi connectivity index (χ0v) is 9.36. The summed E-state index contributed by atoms with van der Waals surface area (Å²) >= 11 is 0. The third kappa shape index (κ3) is 2.55. The second-order valence-electron chi connectivity index (χ2n) is 4.13. The van der Waals surface area contributed by atoms with Crippen LogP contribution in [0.4, 0.5) is 5.69 Å². The molecule has 1 radical (unpaired) electrons. The van der Waals surface area contributed by atoms with E-state index >= 15 is 0 Å². The van der Waals surface area contributed by atoms with Crippen molar-refractivity contribution in [3.63, 3.8) is 0 Å². The van der Waals surface area contributed by atoms with Gasteiger partial charge in [-0.2, -0.15) is 0 Å². The van der Waals surface area contributed by atoms with Gasteiger partial charge in [-0.3, -0.25) is 10.1 Å². The summed E-state index contributed by atoms with van der Waals surface area (Å²) in [5.41, 5.74) is 2.26. The highest BCUT2D eigenvalue weighted by molar-refractivity contribution is 5.43. The molecular formula is C12H16NO2. The van der Waals surface area contributed by atoms with Gasteiger partial charge in [-0.25, -0.2) is 0 Å². The predicted molar refractivity (Wildman–Crippen MR) is 61.0 cm³/mol. The molecular weight excluding hydrogens is 190 g/mol. The zero-order chi connectivity index (χ0) is 11.6. The maximum Gasteiger partial charge on any atom is 0.269 e. The Bertz CT molecular complexity index is 370. The number of nitro benzene ring substituents is 1. The fraction of sp³-hybridized carbons (Fsp3) is 0.417. The van der Waals surface area contributed by atoms with E-state index in [9.17, 15) is 10.1 Å². The molecule has 3 nitrogen and oxygen atoms in total. The highest BCUT2D eigenvalue weighted by Crippen LogP contribution is 2.29. The van der Waals surface area contributed by atoms with Crippen molar-refractivity contribution in [1.29, 1.82) is 0 Å². The number of hydrogen-bond acceptors (Lipinski definition) is 2. The number of benzene rings is 1. The summed E-state index contributed by atoms with van der Waals surface area (Å²) in [5.74, 6) is 0.437. The van der Waals surface area contributed by atoms with Gasteiger partial charge in [0.25, 0.3) is 5.69 Å². The monoisotopic (exact) mass is 206 g/mol. The Balaban J connectivity index is 3.27. The molecule has 0 aliphatic rings. The maximum atomic E-state index is 10.6. The first kappa shape index (κ1) is 11.7. The van der Waals surface area contributed by atoms with Crippen LogP contribution in [0.3, 0.4) is 0 Å². The molecule has 0 N–H and O–H groups in total. The average molecular weight is 206 g/mol. The molecule has 0 saturated heterocycles. The van der Waals surface area contributed by atoms with Crippen LogP contribution in [-0.2, 0) is 0 Å². The summed E-state index contributed by atoms with van der Waals surface area (Å²) in [6.07, 6.45) is 0. The predicted octanol–water partition coefficient (Wildman–Crippen LogP) is 3.66. The van der Waals surface area contributed by atoms with Crippen LogP contribution in [0.2, 0.25) is 0 Å². The molecule has 0 bridgehead atoms. The molecule has 1 rings (SSSR count). The van der Waals surface area contributed by atoms with Crippen molar-refractivity contribution < 1.29 is 4.92 Å². The van der Waals surface area contributed by atoms with E-state index in [1.165, 1.54) is 0 Å². The molecule has 1 atom stereocenters. The smallest absolute Gasteiger partial charge is 0.258 e. The third-order valence-electron chi connectivity index (χ3n) is 2.43. The van der Waals surface area contributed by atoms with E-state index in [4.69, 9.17) is 0 Å². The fourth-order valence-electron chi connectivity index (χ4n) is 1.63. The molecule has 0 aromatic heterocycles. The van der Waals surface area contributed by atoms with Gasteiger partial charge in [-0.1, -0.05) is 26.8 Å². The number of nitrogens with zero attached hydrogens (tertiary/aromatic N) is 1. The molecule has 0 heterocycles. The summed E-state index contributed by atoms with van der Waals surface area (Å²) in [5, 5.41) is 10.6. The summed E-state index contributed by atoms with van der Waals surface area (Å²) < 4.78 is 0. The van der Waals surface area contributed by atoms with E-state index in [0.29, 0.717) is 5.92 Å². The van der Waals surface area contributed by atoms with Gasteiger partial charge in [0.05, 0.1) is 4.92 Å². The van der Waals surface area contributed by atoms with Crippen LogP contribution in [0.1, 0.15) is 43.7 Å². The number of non-ortho nitro benzene ring substituents is 1.